The maximum Gasteiger partial charge on any atom is 0.262 e. The lowest BCUT2D eigenvalue weighted by molar-refractivity contribution is -0.128. The third-order valence-corrected chi connectivity index (χ3v) is 3.93. The number of hydrogen-bond donors (Lipinski definition) is 2. The molecule has 0 aliphatic carbocycles. The third-order valence-electron chi connectivity index (χ3n) is 3.93. The van der Waals surface area contributed by atoms with Gasteiger partial charge in [0.05, 0.1) is 12.2 Å². The predicted molar refractivity (Wildman–Crippen MR) is 94.2 cm³/mol. The molecule has 0 bridgehead atoms. The number of benzene rings is 1. The zero-order chi connectivity index (χ0) is 17.7. The van der Waals surface area contributed by atoms with E-state index < -0.39 is 6.10 Å². The quantitative estimate of drug-likeness (QED) is 0.831. The molecule has 6 nitrogen and oxygen atoms in total. The fourth-order valence-electron chi connectivity index (χ4n) is 2.67. The summed E-state index contributed by atoms with van der Waals surface area (Å²) in [5.74, 6) is 0.423. The Hall–Kier alpha value is -2.24. The van der Waals surface area contributed by atoms with Gasteiger partial charge >= 0.3 is 0 Å². The van der Waals surface area contributed by atoms with Crippen LogP contribution in [0.4, 0.5) is 5.69 Å². The van der Waals surface area contributed by atoms with Gasteiger partial charge in [0.15, 0.2) is 6.10 Å². The molecule has 1 heterocycles. The molecule has 0 saturated carbocycles. The second-order valence-corrected chi connectivity index (χ2v) is 6.36. The van der Waals surface area contributed by atoms with Crippen molar-refractivity contribution in [3.05, 3.63) is 24.3 Å². The summed E-state index contributed by atoms with van der Waals surface area (Å²) in [5, 5.41) is 5.79. The number of carbonyl (C=O) groups is 2. The molecule has 2 atom stereocenters. The molecule has 6 heteroatoms. The normalized spacial score (nSPS) is 17.7. The Kier molecular flexibility index (Phi) is 6.06. The van der Waals surface area contributed by atoms with Crippen LogP contribution in [0.5, 0.6) is 5.75 Å². The smallest absolute Gasteiger partial charge is 0.262 e. The van der Waals surface area contributed by atoms with E-state index in [4.69, 9.17) is 4.74 Å². The van der Waals surface area contributed by atoms with Crippen LogP contribution in [0.2, 0.25) is 0 Å². The van der Waals surface area contributed by atoms with E-state index in [0.717, 1.165) is 12.1 Å². The summed E-state index contributed by atoms with van der Waals surface area (Å²) in [4.78, 5) is 26.7. The molecule has 0 spiro atoms. The number of hydrogen-bond acceptors (Lipinski definition) is 4. The molecule has 2 rings (SSSR count). The first-order valence-corrected chi connectivity index (χ1v) is 8.54. The van der Waals surface area contributed by atoms with Gasteiger partial charge in [0.1, 0.15) is 11.8 Å². The monoisotopic (exact) mass is 333 g/mol. The van der Waals surface area contributed by atoms with E-state index in [2.05, 4.69) is 10.6 Å². The summed E-state index contributed by atoms with van der Waals surface area (Å²) >= 11 is 0. The number of para-hydroxylation sites is 2. The Morgan fingerprint density at radius 2 is 2.00 bits per heavy atom. The van der Waals surface area contributed by atoms with Crippen molar-refractivity contribution in [2.75, 3.05) is 18.0 Å². The minimum atomic E-state index is -0.624. The van der Waals surface area contributed by atoms with Crippen molar-refractivity contribution >= 4 is 17.5 Å². The fraction of sp³-hybridized carbons (Fsp3) is 0.556. The van der Waals surface area contributed by atoms with Gasteiger partial charge in [-0.2, -0.15) is 0 Å². The van der Waals surface area contributed by atoms with Gasteiger partial charge in [-0.05, 0) is 39.3 Å². The maximum atomic E-state index is 12.4. The second-order valence-electron chi connectivity index (χ2n) is 6.36. The Morgan fingerprint density at radius 3 is 2.67 bits per heavy atom. The SMILES string of the molecule is CCCNC(=O)[C@H]1CN([C@@H](C)C(=O)NC(C)C)c2ccccc2O1. The van der Waals surface area contributed by atoms with Gasteiger partial charge in [0.2, 0.25) is 5.91 Å². The van der Waals surface area contributed by atoms with Crippen LogP contribution in [0.3, 0.4) is 0 Å². The zero-order valence-electron chi connectivity index (χ0n) is 14.8. The molecular weight excluding hydrogens is 306 g/mol. The zero-order valence-corrected chi connectivity index (χ0v) is 14.8. The minimum absolute atomic E-state index is 0.0607. The van der Waals surface area contributed by atoms with Crippen molar-refractivity contribution in [1.29, 1.82) is 0 Å². The van der Waals surface area contributed by atoms with E-state index in [1.54, 1.807) is 0 Å². The Bertz CT molecular complexity index is 589. The first kappa shape index (κ1) is 18.1. The van der Waals surface area contributed by atoms with Gasteiger partial charge < -0.3 is 20.3 Å². The highest BCUT2D eigenvalue weighted by Gasteiger charge is 2.34. The highest BCUT2D eigenvalue weighted by molar-refractivity contribution is 5.88. The third kappa shape index (κ3) is 4.19. The summed E-state index contributed by atoms with van der Waals surface area (Å²) in [6.45, 7) is 8.67. The molecule has 1 aromatic carbocycles. The van der Waals surface area contributed by atoms with Gasteiger partial charge in [-0.25, -0.2) is 0 Å². The largest absolute Gasteiger partial charge is 0.477 e. The van der Waals surface area contributed by atoms with Gasteiger partial charge in [-0.1, -0.05) is 19.1 Å². The summed E-state index contributed by atoms with van der Waals surface area (Å²) in [6, 6.07) is 7.18. The maximum absolute atomic E-state index is 12.4. The number of amides is 2. The molecule has 2 N–H and O–H groups in total. The van der Waals surface area contributed by atoms with E-state index in [-0.39, 0.29) is 23.9 Å². The molecule has 2 amide bonds. The van der Waals surface area contributed by atoms with Gasteiger partial charge in [0, 0.05) is 12.6 Å². The molecule has 0 aromatic heterocycles. The van der Waals surface area contributed by atoms with Crippen LogP contribution >= 0.6 is 0 Å². The number of carbonyl (C=O) groups excluding carboxylic acids is 2. The second kappa shape index (κ2) is 8.04. The van der Waals surface area contributed by atoms with Crippen LogP contribution in [0.1, 0.15) is 34.1 Å². The molecule has 132 valence electrons. The molecular formula is C18H27N3O3. The molecule has 0 fully saturated rings. The molecule has 1 aliphatic rings. The van der Waals surface area contributed by atoms with Crippen molar-refractivity contribution in [2.24, 2.45) is 0 Å². The highest BCUT2D eigenvalue weighted by atomic mass is 16.5. The standard InChI is InChI=1S/C18H27N3O3/c1-5-10-19-18(23)16-11-21(13(4)17(22)20-12(2)3)14-8-6-7-9-15(14)24-16/h6-9,12-13,16H,5,10-11H2,1-4H3,(H,19,23)(H,20,22)/t13-,16+/m0/s1. The lowest BCUT2D eigenvalue weighted by atomic mass is 10.1. The van der Waals surface area contributed by atoms with Crippen LogP contribution in [-0.4, -0.2) is 43.1 Å². The first-order valence-electron chi connectivity index (χ1n) is 8.54. The van der Waals surface area contributed by atoms with E-state index in [0.29, 0.717) is 18.8 Å². The molecule has 24 heavy (non-hydrogen) atoms. The van der Waals surface area contributed by atoms with Crippen molar-refractivity contribution in [3.63, 3.8) is 0 Å². The summed E-state index contributed by atoms with van der Waals surface area (Å²) in [6.07, 6.45) is 0.243. The van der Waals surface area contributed by atoms with Gasteiger partial charge in [-0.15, -0.1) is 0 Å². The summed E-state index contributed by atoms with van der Waals surface area (Å²) in [7, 11) is 0. The van der Waals surface area contributed by atoms with Crippen LogP contribution in [0.15, 0.2) is 24.3 Å². The number of nitrogens with zero attached hydrogens (tertiary/aromatic N) is 1. The number of ether oxygens (including phenoxy) is 1. The van der Waals surface area contributed by atoms with E-state index in [9.17, 15) is 9.59 Å². The molecule has 0 saturated heterocycles. The number of nitrogens with one attached hydrogen (secondary N) is 2. The average molecular weight is 333 g/mol. The summed E-state index contributed by atoms with van der Waals surface area (Å²) in [5.41, 5.74) is 0.837. The van der Waals surface area contributed by atoms with E-state index >= 15 is 0 Å². The van der Waals surface area contributed by atoms with Crippen LogP contribution in [0.25, 0.3) is 0 Å². The number of fused-ring (bicyclic) bond motifs is 1. The minimum Gasteiger partial charge on any atom is -0.477 e. The van der Waals surface area contributed by atoms with Crippen molar-refractivity contribution < 1.29 is 14.3 Å². The topological polar surface area (TPSA) is 70.7 Å². The average Bonchev–Trinajstić information content (AvgIpc) is 2.57. The molecule has 1 aliphatic heterocycles. The van der Waals surface area contributed by atoms with Gasteiger partial charge in [-0.3, -0.25) is 9.59 Å². The lowest BCUT2D eigenvalue weighted by Gasteiger charge is -2.38. The summed E-state index contributed by atoms with van der Waals surface area (Å²) < 4.78 is 5.85. The van der Waals surface area contributed by atoms with Crippen LogP contribution < -0.4 is 20.3 Å². The first-order chi connectivity index (χ1) is 11.4. The van der Waals surface area contributed by atoms with Crippen molar-refractivity contribution in [2.45, 2.75) is 52.3 Å². The lowest BCUT2D eigenvalue weighted by Crippen LogP contribution is -2.55. The van der Waals surface area contributed by atoms with Crippen molar-refractivity contribution in [3.8, 4) is 5.75 Å². The highest BCUT2D eigenvalue weighted by Crippen LogP contribution is 2.34. The predicted octanol–water partition coefficient (Wildman–Crippen LogP) is 1.69. The van der Waals surface area contributed by atoms with Gasteiger partial charge in [0.25, 0.3) is 5.91 Å². The molecule has 0 unspecified atom stereocenters. The number of rotatable bonds is 6. The molecule has 1 aromatic rings. The Labute approximate surface area is 143 Å². The fourth-order valence-corrected chi connectivity index (χ4v) is 2.67. The van der Waals surface area contributed by atoms with Crippen LogP contribution in [0, 0.1) is 0 Å². The number of anilines is 1. The van der Waals surface area contributed by atoms with Crippen molar-refractivity contribution in [1.82, 2.24) is 10.6 Å². The molecule has 0 radical (unpaired) electrons. The van der Waals surface area contributed by atoms with E-state index in [1.807, 2.05) is 56.9 Å². The van der Waals surface area contributed by atoms with Crippen LogP contribution in [-0.2, 0) is 9.59 Å². The van der Waals surface area contributed by atoms with E-state index in [1.165, 1.54) is 0 Å². The Morgan fingerprint density at radius 1 is 1.29 bits per heavy atom. The Balaban J connectivity index is 2.22.